The largest absolute Gasteiger partial charge is 0.378 e. The smallest absolute Gasteiger partial charge is 0.253 e. The summed E-state index contributed by atoms with van der Waals surface area (Å²) in [6, 6.07) is 6.42. The maximum Gasteiger partial charge on any atom is 0.253 e. The van der Waals surface area contributed by atoms with E-state index in [1.165, 1.54) is 0 Å². The van der Waals surface area contributed by atoms with Crippen LogP contribution in [0.5, 0.6) is 0 Å². The number of benzene rings is 1. The van der Waals surface area contributed by atoms with Crippen molar-refractivity contribution < 1.29 is 22.7 Å². The zero-order chi connectivity index (χ0) is 19.6. The van der Waals surface area contributed by atoms with Crippen LogP contribution in [0.4, 0.5) is 5.69 Å². The van der Waals surface area contributed by atoms with E-state index in [9.17, 15) is 18.0 Å². The van der Waals surface area contributed by atoms with E-state index in [0.717, 1.165) is 0 Å². The molecule has 9 nitrogen and oxygen atoms in total. The fraction of sp³-hybridized carbons (Fsp3) is 0.500. The van der Waals surface area contributed by atoms with Crippen molar-refractivity contribution in [3.05, 3.63) is 29.8 Å². The van der Waals surface area contributed by atoms with E-state index in [1.807, 2.05) is 0 Å². The van der Waals surface area contributed by atoms with Crippen LogP contribution in [0.1, 0.15) is 24.2 Å². The minimum absolute atomic E-state index is 0.0404. The Morgan fingerprint density at radius 3 is 2.58 bits per heavy atom. The fourth-order valence-electron chi connectivity index (χ4n) is 1.91. The van der Waals surface area contributed by atoms with E-state index in [-0.39, 0.29) is 35.6 Å². The third kappa shape index (κ3) is 8.39. The van der Waals surface area contributed by atoms with Crippen molar-refractivity contribution in [1.82, 2.24) is 10.0 Å². The second-order valence-electron chi connectivity index (χ2n) is 5.70. The summed E-state index contributed by atoms with van der Waals surface area (Å²) in [5.41, 5.74) is 5.90. The lowest BCUT2D eigenvalue weighted by molar-refractivity contribution is -0.115. The minimum Gasteiger partial charge on any atom is -0.378 e. The van der Waals surface area contributed by atoms with Crippen LogP contribution in [0.15, 0.2) is 24.3 Å². The summed E-state index contributed by atoms with van der Waals surface area (Å²) >= 11 is 0. The Morgan fingerprint density at radius 2 is 1.92 bits per heavy atom. The van der Waals surface area contributed by atoms with Gasteiger partial charge in [-0.1, -0.05) is 12.1 Å². The molecule has 26 heavy (non-hydrogen) atoms. The average Bonchev–Trinajstić information content (AvgIpc) is 2.58. The van der Waals surface area contributed by atoms with E-state index in [0.29, 0.717) is 13.1 Å². The van der Waals surface area contributed by atoms with Gasteiger partial charge in [-0.05, 0) is 26.0 Å². The summed E-state index contributed by atoms with van der Waals surface area (Å²) in [6.07, 6.45) is -0.0737. The average molecular weight is 386 g/mol. The number of ether oxygens (including phenoxy) is 1. The zero-order valence-corrected chi connectivity index (χ0v) is 15.8. The first-order valence-corrected chi connectivity index (χ1v) is 9.86. The molecule has 0 saturated carbocycles. The SMILES string of the molecule is CC(C)OCCS(=O)(=O)NCC(=O)Nc1ccccc1C(=O)NCCN. The van der Waals surface area contributed by atoms with Crippen molar-refractivity contribution in [2.45, 2.75) is 20.0 Å². The van der Waals surface area contributed by atoms with Crippen LogP contribution < -0.4 is 21.1 Å². The molecule has 0 bridgehead atoms. The number of rotatable bonds is 11. The summed E-state index contributed by atoms with van der Waals surface area (Å²) in [5, 5.41) is 5.14. The summed E-state index contributed by atoms with van der Waals surface area (Å²) < 4.78 is 31.0. The molecule has 0 heterocycles. The number of amides is 2. The number of hydrogen-bond donors (Lipinski definition) is 4. The first-order valence-electron chi connectivity index (χ1n) is 8.21. The predicted octanol–water partition coefficient (Wildman–Crippen LogP) is -0.342. The van der Waals surface area contributed by atoms with Crippen LogP contribution in [-0.2, 0) is 19.6 Å². The van der Waals surface area contributed by atoms with Gasteiger partial charge in [0.15, 0.2) is 0 Å². The Kier molecular flexibility index (Phi) is 9.21. The van der Waals surface area contributed by atoms with Crippen LogP contribution in [0.3, 0.4) is 0 Å². The van der Waals surface area contributed by atoms with Crippen molar-refractivity contribution in [2.24, 2.45) is 5.73 Å². The number of carbonyl (C=O) groups excluding carboxylic acids is 2. The van der Waals surface area contributed by atoms with Crippen LogP contribution in [0.25, 0.3) is 0 Å². The van der Waals surface area contributed by atoms with Gasteiger partial charge in [-0.2, -0.15) is 0 Å². The normalized spacial score (nSPS) is 11.4. The summed E-state index contributed by atoms with van der Waals surface area (Å²) in [6.45, 7) is 3.80. The molecule has 0 aliphatic heterocycles. The first kappa shape index (κ1) is 22.0. The van der Waals surface area contributed by atoms with Crippen LogP contribution in [0.2, 0.25) is 0 Å². The zero-order valence-electron chi connectivity index (χ0n) is 14.9. The Labute approximate surface area is 153 Å². The molecule has 2 amide bonds. The predicted molar refractivity (Wildman–Crippen MR) is 99.3 cm³/mol. The number of sulfonamides is 1. The lowest BCUT2D eigenvalue weighted by Gasteiger charge is -2.12. The van der Waals surface area contributed by atoms with Crippen LogP contribution >= 0.6 is 0 Å². The summed E-state index contributed by atoms with van der Waals surface area (Å²) in [4.78, 5) is 24.1. The highest BCUT2D eigenvalue weighted by molar-refractivity contribution is 7.89. The number of carbonyl (C=O) groups is 2. The molecule has 0 aromatic heterocycles. The van der Waals surface area contributed by atoms with Gasteiger partial charge in [0.25, 0.3) is 5.91 Å². The molecule has 0 fully saturated rings. The van der Waals surface area contributed by atoms with E-state index < -0.39 is 22.5 Å². The van der Waals surface area contributed by atoms with Gasteiger partial charge in [0.2, 0.25) is 15.9 Å². The van der Waals surface area contributed by atoms with Crippen molar-refractivity contribution in [1.29, 1.82) is 0 Å². The Balaban J connectivity index is 2.59. The van der Waals surface area contributed by atoms with E-state index in [1.54, 1.807) is 38.1 Å². The summed E-state index contributed by atoms with van der Waals surface area (Å²) in [5.74, 6) is -1.20. The highest BCUT2D eigenvalue weighted by Gasteiger charge is 2.15. The highest BCUT2D eigenvalue weighted by atomic mass is 32.2. The molecule has 0 spiro atoms. The molecule has 0 aliphatic carbocycles. The molecule has 1 rings (SSSR count). The van der Waals surface area contributed by atoms with Gasteiger partial charge in [0.1, 0.15) is 0 Å². The number of para-hydroxylation sites is 1. The third-order valence-electron chi connectivity index (χ3n) is 3.13. The molecule has 5 N–H and O–H groups in total. The number of nitrogens with two attached hydrogens (primary N) is 1. The number of hydrogen-bond acceptors (Lipinski definition) is 6. The molecular formula is C16H26N4O5S. The van der Waals surface area contributed by atoms with Gasteiger partial charge in [-0.3, -0.25) is 9.59 Å². The Morgan fingerprint density at radius 1 is 1.23 bits per heavy atom. The molecule has 146 valence electrons. The molecular weight excluding hydrogens is 360 g/mol. The summed E-state index contributed by atoms with van der Waals surface area (Å²) in [7, 11) is -3.63. The first-order chi connectivity index (χ1) is 12.2. The minimum atomic E-state index is -3.63. The topological polar surface area (TPSA) is 140 Å². The maximum absolute atomic E-state index is 12.1. The quantitative estimate of drug-likeness (QED) is 0.410. The van der Waals surface area contributed by atoms with Gasteiger partial charge < -0.3 is 21.1 Å². The molecule has 0 radical (unpaired) electrons. The molecule has 0 aliphatic rings. The number of nitrogens with one attached hydrogen (secondary N) is 3. The fourth-order valence-corrected chi connectivity index (χ4v) is 2.72. The molecule has 1 aromatic carbocycles. The third-order valence-corrected chi connectivity index (χ3v) is 4.42. The molecule has 0 unspecified atom stereocenters. The van der Waals surface area contributed by atoms with Gasteiger partial charge in [-0.15, -0.1) is 0 Å². The lowest BCUT2D eigenvalue weighted by Crippen LogP contribution is -2.36. The van der Waals surface area contributed by atoms with Gasteiger partial charge in [0, 0.05) is 13.1 Å². The lowest BCUT2D eigenvalue weighted by atomic mass is 10.1. The Hall–Kier alpha value is -2.01. The second kappa shape index (κ2) is 10.9. The molecule has 0 saturated heterocycles. The standard InChI is InChI=1S/C16H26N4O5S/c1-12(2)25-9-10-26(23,24)19-11-15(21)20-14-6-4-3-5-13(14)16(22)18-8-7-17/h3-6,12,19H,7-11,17H2,1-2H3,(H,18,22)(H,20,21). The Bertz CT molecular complexity index is 706. The van der Waals surface area contributed by atoms with Gasteiger partial charge >= 0.3 is 0 Å². The van der Waals surface area contributed by atoms with E-state index in [2.05, 4.69) is 15.4 Å². The maximum atomic E-state index is 12.1. The highest BCUT2D eigenvalue weighted by Crippen LogP contribution is 2.14. The molecule has 1 aromatic rings. The monoisotopic (exact) mass is 386 g/mol. The molecule has 10 heteroatoms. The van der Waals surface area contributed by atoms with Crippen molar-refractivity contribution in [3.8, 4) is 0 Å². The van der Waals surface area contributed by atoms with Crippen LogP contribution in [-0.4, -0.2) is 58.3 Å². The van der Waals surface area contributed by atoms with Crippen molar-refractivity contribution >= 4 is 27.5 Å². The number of anilines is 1. The van der Waals surface area contributed by atoms with Crippen molar-refractivity contribution in [2.75, 3.05) is 37.3 Å². The van der Waals surface area contributed by atoms with Gasteiger partial charge in [-0.25, -0.2) is 13.1 Å². The second-order valence-corrected chi connectivity index (χ2v) is 7.62. The van der Waals surface area contributed by atoms with Crippen LogP contribution in [0, 0.1) is 0 Å². The van der Waals surface area contributed by atoms with Gasteiger partial charge in [0.05, 0.1) is 36.3 Å². The molecule has 0 atom stereocenters. The van der Waals surface area contributed by atoms with E-state index >= 15 is 0 Å². The van der Waals surface area contributed by atoms with E-state index in [4.69, 9.17) is 10.5 Å². The van der Waals surface area contributed by atoms with Crippen molar-refractivity contribution in [3.63, 3.8) is 0 Å².